The van der Waals surface area contributed by atoms with Gasteiger partial charge in [-0.3, -0.25) is 0 Å². The van der Waals surface area contributed by atoms with Crippen molar-refractivity contribution in [1.82, 2.24) is 4.90 Å². The maximum Gasteiger partial charge on any atom is 0.126 e. The zero-order valence-electron chi connectivity index (χ0n) is 16.9. The number of nitriles is 1. The van der Waals surface area contributed by atoms with Crippen molar-refractivity contribution in [3.05, 3.63) is 59.9 Å². The number of nitrogens with zero attached hydrogens (tertiary/aromatic N) is 2. The SMILES string of the molecule is N#Cc1ccc(OCCCC2CCN(CCCOc3cccc(F)c3)CC2)cc1. The third-order valence-electron chi connectivity index (χ3n) is 5.40. The Morgan fingerprint density at radius 2 is 1.69 bits per heavy atom. The average Bonchev–Trinajstić information content (AvgIpc) is 2.76. The summed E-state index contributed by atoms with van der Waals surface area (Å²) < 4.78 is 24.5. The lowest BCUT2D eigenvalue weighted by atomic mass is 9.92. The number of benzene rings is 2. The summed E-state index contributed by atoms with van der Waals surface area (Å²) in [6.07, 6.45) is 5.70. The molecule has 4 nitrogen and oxygen atoms in total. The molecule has 0 atom stereocenters. The van der Waals surface area contributed by atoms with Crippen LogP contribution in [0.2, 0.25) is 0 Å². The normalized spacial score (nSPS) is 15.0. The Balaban J connectivity index is 1.22. The number of hydrogen-bond acceptors (Lipinski definition) is 4. The van der Waals surface area contributed by atoms with Crippen molar-refractivity contribution in [3.63, 3.8) is 0 Å². The predicted octanol–water partition coefficient (Wildman–Crippen LogP) is 5.04. The molecule has 29 heavy (non-hydrogen) atoms. The van der Waals surface area contributed by atoms with Gasteiger partial charge < -0.3 is 14.4 Å². The summed E-state index contributed by atoms with van der Waals surface area (Å²) in [5.41, 5.74) is 0.657. The van der Waals surface area contributed by atoms with Crippen molar-refractivity contribution in [2.45, 2.75) is 32.1 Å². The third-order valence-corrected chi connectivity index (χ3v) is 5.40. The predicted molar refractivity (Wildman–Crippen MR) is 112 cm³/mol. The van der Waals surface area contributed by atoms with E-state index in [0.29, 0.717) is 17.9 Å². The van der Waals surface area contributed by atoms with Crippen LogP contribution in [0.25, 0.3) is 0 Å². The molecule has 1 saturated heterocycles. The Morgan fingerprint density at radius 1 is 0.966 bits per heavy atom. The largest absolute Gasteiger partial charge is 0.494 e. The van der Waals surface area contributed by atoms with E-state index in [1.54, 1.807) is 24.3 Å². The molecule has 1 aliphatic rings. The van der Waals surface area contributed by atoms with Crippen molar-refractivity contribution in [2.75, 3.05) is 32.8 Å². The van der Waals surface area contributed by atoms with Gasteiger partial charge in [0, 0.05) is 12.6 Å². The number of halogens is 1. The quantitative estimate of drug-likeness (QED) is 0.528. The first kappa shape index (κ1) is 21.1. The molecule has 0 aromatic heterocycles. The van der Waals surface area contributed by atoms with Crippen LogP contribution in [0.4, 0.5) is 4.39 Å². The van der Waals surface area contributed by atoms with Crippen molar-refractivity contribution in [3.8, 4) is 17.6 Å². The fraction of sp³-hybridized carbons (Fsp3) is 0.458. The molecule has 0 spiro atoms. The highest BCUT2D eigenvalue weighted by atomic mass is 19.1. The van der Waals surface area contributed by atoms with Crippen LogP contribution < -0.4 is 9.47 Å². The summed E-state index contributed by atoms with van der Waals surface area (Å²) in [5.74, 6) is 1.96. The van der Waals surface area contributed by atoms with Gasteiger partial charge >= 0.3 is 0 Å². The first-order valence-corrected chi connectivity index (χ1v) is 10.5. The molecular weight excluding hydrogens is 367 g/mol. The van der Waals surface area contributed by atoms with Gasteiger partial charge in [-0.15, -0.1) is 0 Å². The molecule has 1 fully saturated rings. The maximum absolute atomic E-state index is 13.1. The number of likely N-dealkylation sites (tertiary alicyclic amines) is 1. The van der Waals surface area contributed by atoms with Gasteiger partial charge in [0.05, 0.1) is 24.8 Å². The zero-order valence-corrected chi connectivity index (χ0v) is 16.9. The Hall–Kier alpha value is -2.58. The van der Waals surface area contributed by atoms with E-state index in [-0.39, 0.29) is 5.82 Å². The lowest BCUT2D eigenvalue weighted by Crippen LogP contribution is -2.35. The van der Waals surface area contributed by atoms with Gasteiger partial charge in [-0.1, -0.05) is 6.07 Å². The molecule has 0 N–H and O–H groups in total. The maximum atomic E-state index is 13.1. The van der Waals surface area contributed by atoms with Crippen molar-refractivity contribution >= 4 is 0 Å². The van der Waals surface area contributed by atoms with E-state index < -0.39 is 0 Å². The third kappa shape index (κ3) is 7.40. The van der Waals surface area contributed by atoms with Gasteiger partial charge in [-0.05, 0) is 87.5 Å². The Bertz CT molecular complexity index is 780. The monoisotopic (exact) mass is 396 g/mol. The highest BCUT2D eigenvalue weighted by Gasteiger charge is 2.18. The smallest absolute Gasteiger partial charge is 0.126 e. The van der Waals surface area contributed by atoms with E-state index in [1.807, 2.05) is 12.1 Å². The van der Waals surface area contributed by atoms with Crippen LogP contribution in [0.5, 0.6) is 11.5 Å². The summed E-state index contributed by atoms with van der Waals surface area (Å²) in [5, 5.41) is 8.81. The van der Waals surface area contributed by atoms with Gasteiger partial charge in [-0.25, -0.2) is 4.39 Å². The molecule has 0 bridgehead atoms. The molecule has 154 valence electrons. The van der Waals surface area contributed by atoms with Crippen LogP contribution in [0.15, 0.2) is 48.5 Å². The minimum atomic E-state index is -0.258. The molecule has 0 aliphatic carbocycles. The average molecular weight is 397 g/mol. The van der Waals surface area contributed by atoms with Gasteiger partial charge in [0.2, 0.25) is 0 Å². The Morgan fingerprint density at radius 3 is 2.41 bits per heavy atom. The summed E-state index contributed by atoms with van der Waals surface area (Å²) in [4.78, 5) is 2.50. The number of rotatable bonds is 10. The molecule has 2 aromatic rings. The molecule has 1 heterocycles. The van der Waals surface area contributed by atoms with Gasteiger partial charge in [0.15, 0.2) is 0 Å². The molecule has 3 rings (SSSR count). The molecule has 5 heteroatoms. The topological polar surface area (TPSA) is 45.5 Å². The zero-order chi connectivity index (χ0) is 20.3. The van der Waals surface area contributed by atoms with Crippen molar-refractivity contribution in [1.29, 1.82) is 5.26 Å². The van der Waals surface area contributed by atoms with Crippen molar-refractivity contribution in [2.24, 2.45) is 5.92 Å². The molecule has 2 aromatic carbocycles. The lowest BCUT2D eigenvalue weighted by Gasteiger charge is -2.32. The van der Waals surface area contributed by atoms with E-state index >= 15 is 0 Å². The highest BCUT2D eigenvalue weighted by molar-refractivity contribution is 5.34. The standard InChI is InChI=1S/C24H29FN2O2/c25-22-5-1-6-24(18-22)29-17-3-13-27-14-11-20(12-15-27)4-2-16-28-23-9-7-21(19-26)8-10-23/h1,5-10,18,20H,2-4,11-17H2. The molecule has 0 amide bonds. The summed E-state index contributed by atoms with van der Waals surface area (Å²) in [6, 6.07) is 15.7. The van der Waals surface area contributed by atoms with Crippen LogP contribution in [0.1, 0.15) is 37.7 Å². The van der Waals surface area contributed by atoms with E-state index in [9.17, 15) is 4.39 Å². The fourth-order valence-corrected chi connectivity index (χ4v) is 3.72. The lowest BCUT2D eigenvalue weighted by molar-refractivity contribution is 0.161. The summed E-state index contributed by atoms with van der Waals surface area (Å²) in [7, 11) is 0. The van der Waals surface area contributed by atoms with Gasteiger partial charge in [-0.2, -0.15) is 5.26 Å². The van der Waals surface area contributed by atoms with Crippen LogP contribution in [-0.4, -0.2) is 37.7 Å². The fourth-order valence-electron chi connectivity index (χ4n) is 3.72. The molecule has 0 radical (unpaired) electrons. The first-order chi connectivity index (χ1) is 14.2. The number of ether oxygens (including phenoxy) is 2. The van der Waals surface area contributed by atoms with Gasteiger partial charge in [0.25, 0.3) is 0 Å². The van der Waals surface area contributed by atoms with E-state index in [2.05, 4.69) is 11.0 Å². The number of hydrogen-bond donors (Lipinski definition) is 0. The van der Waals surface area contributed by atoms with Crippen LogP contribution in [-0.2, 0) is 0 Å². The minimum absolute atomic E-state index is 0.258. The molecule has 0 unspecified atom stereocenters. The minimum Gasteiger partial charge on any atom is -0.494 e. The summed E-state index contributed by atoms with van der Waals surface area (Å²) >= 11 is 0. The Kier molecular flexibility index (Phi) is 8.33. The second kappa shape index (κ2) is 11.4. The van der Waals surface area contributed by atoms with Crippen molar-refractivity contribution < 1.29 is 13.9 Å². The second-order valence-electron chi connectivity index (χ2n) is 7.57. The summed E-state index contributed by atoms with van der Waals surface area (Å²) in [6.45, 7) is 4.66. The second-order valence-corrected chi connectivity index (χ2v) is 7.57. The highest BCUT2D eigenvalue weighted by Crippen LogP contribution is 2.22. The number of piperidine rings is 1. The van der Waals surface area contributed by atoms with Crippen LogP contribution in [0, 0.1) is 23.1 Å². The van der Waals surface area contributed by atoms with E-state index in [0.717, 1.165) is 50.8 Å². The Labute approximate surface area is 172 Å². The molecular formula is C24H29FN2O2. The molecule has 1 aliphatic heterocycles. The van der Waals surface area contributed by atoms with Crippen LogP contribution in [0.3, 0.4) is 0 Å². The van der Waals surface area contributed by atoms with E-state index in [4.69, 9.17) is 14.7 Å². The first-order valence-electron chi connectivity index (χ1n) is 10.5. The van der Waals surface area contributed by atoms with Crippen LogP contribution >= 0.6 is 0 Å². The molecule has 0 saturated carbocycles. The van der Waals surface area contributed by atoms with E-state index in [1.165, 1.54) is 31.4 Å². The van der Waals surface area contributed by atoms with Gasteiger partial charge in [0.1, 0.15) is 17.3 Å².